The molecular weight excluding hydrogens is 361 g/mol. The maximum Gasteiger partial charge on any atom is 0.238 e. The van der Waals surface area contributed by atoms with Crippen LogP contribution in [0.4, 0.5) is 10.1 Å². The standard InChI is InChI=1S/C21H26FN3O3/c1-27-19-11-15-7-9-25(14-16(15)12-20(19)28-2)10-8-23-13-21(26)24-18-5-3-17(22)4-6-18/h3-6,11-12,23H,7-10,13-14H2,1-2H3,(H,24,26). The quantitative estimate of drug-likeness (QED) is 0.682. The lowest BCUT2D eigenvalue weighted by atomic mass is 9.99. The van der Waals surface area contributed by atoms with Crippen LogP contribution in [0.5, 0.6) is 11.5 Å². The van der Waals surface area contributed by atoms with E-state index in [9.17, 15) is 9.18 Å². The minimum absolute atomic E-state index is 0.146. The van der Waals surface area contributed by atoms with Crippen LogP contribution in [0.25, 0.3) is 0 Å². The van der Waals surface area contributed by atoms with E-state index in [1.54, 1.807) is 26.4 Å². The van der Waals surface area contributed by atoms with Gasteiger partial charge in [-0.3, -0.25) is 9.69 Å². The Morgan fingerprint density at radius 1 is 1.11 bits per heavy atom. The second-order valence-corrected chi connectivity index (χ2v) is 6.73. The minimum Gasteiger partial charge on any atom is -0.493 e. The van der Waals surface area contributed by atoms with Gasteiger partial charge in [0.2, 0.25) is 5.91 Å². The number of hydrogen-bond acceptors (Lipinski definition) is 5. The normalized spacial score (nSPS) is 13.7. The van der Waals surface area contributed by atoms with Gasteiger partial charge in [-0.25, -0.2) is 4.39 Å². The van der Waals surface area contributed by atoms with Gasteiger partial charge in [-0.2, -0.15) is 0 Å². The van der Waals surface area contributed by atoms with Crippen LogP contribution in [-0.4, -0.2) is 51.2 Å². The summed E-state index contributed by atoms with van der Waals surface area (Å²) in [5.41, 5.74) is 3.13. The molecule has 2 aromatic rings. The van der Waals surface area contributed by atoms with Gasteiger partial charge in [-0.15, -0.1) is 0 Å². The van der Waals surface area contributed by atoms with Gasteiger partial charge in [-0.1, -0.05) is 0 Å². The fraction of sp³-hybridized carbons (Fsp3) is 0.381. The predicted molar refractivity (Wildman–Crippen MR) is 106 cm³/mol. The predicted octanol–water partition coefficient (Wildman–Crippen LogP) is 2.43. The molecule has 1 aliphatic rings. The number of halogens is 1. The summed E-state index contributed by atoms with van der Waals surface area (Å²) in [6.45, 7) is 3.58. The number of hydrogen-bond donors (Lipinski definition) is 2. The summed E-state index contributed by atoms with van der Waals surface area (Å²) in [6.07, 6.45) is 0.959. The van der Waals surface area contributed by atoms with Crippen molar-refractivity contribution in [3.8, 4) is 11.5 Å². The number of fused-ring (bicyclic) bond motifs is 1. The SMILES string of the molecule is COc1cc2c(cc1OC)CN(CCNCC(=O)Nc1ccc(F)cc1)CC2. The van der Waals surface area contributed by atoms with Crippen LogP contribution >= 0.6 is 0 Å². The molecule has 0 saturated heterocycles. The van der Waals surface area contributed by atoms with E-state index in [1.165, 1.54) is 23.3 Å². The molecule has 0 aromatic heterocycles. The summed E-state index contributed by atoms with van der Waals surface area (Å²) in [7, 11) is 3.29. The Morgan fingerprint density at radius 2 is 1.79 bits per heavy atom. The van der Waals surface area contributed by atoms with Gasteiger partial charge in [0, 0.05) is 31.9 Å². The van der Waals surface area contributed by atoms with Crippen molar-refractivity contribution in [1.82, 2.24) is 10.2 Å². The highest BCUT2D eigenvalue weighted by molar-refractivity contribution is 5.92. The van der Waals surface area contributed by atoms with Crippen LogP contribution in [0, 0.1) is 5.82 Å². The van der Waals surface area contributed by atoms with Crippen LogP contribution in [0.1, 0.15) is 11.1 Å². The smallest absolute Gasteiger partial charge is 0.238 e. The number of nitrogens with one attached hydrogen (secondary N) is 2. The zero-order valence-electron chi connectivity index (χ0n) is 16.3. The number of carbonyl (C=O) groups excluding carboxylic acids is 1. The number of anilines is 1. The molecule has 0 saturated carbocycles. The Hall–Kier alpha value is -2.64. The highest BCUT2D eigenvalue weighted by Crippen LogP contribution is 2.33. The number of benzene rings is 2. The van der Waals surface area contributed by atoms with E-state index >= 15 is 0 Å². The molecule has 150 valence electrons. The van der Waals surface area contributed by atoms with Crippen molar-refractivity contribution in [1.29, 1.82) is 0 Å². The fourth-order valence-electron chi connectivity index (χ4n) is 3.31. The third kappa shape index (κ3) is 5.21. The molecule has 28 heavy (non-hydrogen) atoms. The molecule has 1 amide bonds. The van der Waals surface area contributed by atoms with Gasteiger partial charge in [0.05, 0.1) is 20.8 Å². The fourth-order valence-corrected chi connectivity index (χ4v) is 3.31. The average molecular weight is 387 g/mol. The number of amides is 1. The first-order valence-corrected chi connectivity index (χ1v) is 9.31. The average Bonchev–Trinajstić information content (AvgIpc) is 2.71. The van der Waals surface area contributed by atoms with Gasteiger partial charge < -0.3 is 20.1 Å². The van der Waals surface area contributed by atoms with Gasteiger partial charge >= 0.3 is 0 Å². The zero-order chi connectivity index (χ0) is 19.9. The van der Waals surface area contributed by atoms with Crippen molar-refractivity contribution >= 4 is 11.6 Å². The number of ether oxygens (including phenoxy) is 2. The van der Waals surface area contributed by atoms with Gasteiger partial charge in [0.1, 0.15) is 5.82 Å². The van der Waals surface area contributed by atoms with Crippen LogP contribution in [-0.2, 0) is 17.8 Å². The number of nitrogens with zero attached hydrogens (tertiary/aromatic N) is 1. The first-order valence-electron chi connectivity index (χ1n) is 9.31. The van der Waals surface area contributed by atoms with Crippen LogP contribution in [0.2, 0.25) is 0 Å². The molecule has 0 unspecified atom stereocenters. The third-order valence-electron chi connectivity index (χ3n) is 4.82. The van der Waals surface area contributed by atoms with E-state index in [1.807, 2.05) is 6.07 Å². The third-order valence-corrected chi connectivity index (χ3v) is 4.82. The second-order valence-electron chi connectivity index (χ2n) is 6.73. The summed E-state index contributed by atoms with van der Waals surface area (Å²) in [5.74, 6) is 1.05. The summed E-state index contributed by atoms with van der Waals surface area (Å²) >= 11 is 0. The Kier molecular flexibility index (Phi) is 6.84. The Labute approximate surface area is 164 Å². The first-order chi connectivity index (χ1) is 13.6. The molecule has 3 rings (SSSR count). The van der Waals surface area contributed by atoms with E-state index < -0.39 is 0 Å². The molecule has 7 heteroatoms. The van der Waals surface area contributed by atoms with Crippen molar-refractivity contribution < 1.29 is 18.7 Å². The maximum atomic E-state index is 12.9. The molecule has 2 aromatic carbocycles. The van der Waals surface area contributed by atoms with E-state index in [0.717, 1.165) is 37.6 Å². The summed E-state index contributed by atoms with van der Waals surface area (Å²) in [4.78, 5) is 14.3. The van der Waals surface area contributed by atoms with Gasteiger partial charge in [0.15, 0.2) is 11.5 Å². The van der Waals surface area contributed by atoms with Crippen molar-refractivity contribution in [3.05, 3.63) is 53.3 Å². The molecule has 0 radical (unpaired) electrons. The molecular formula is C21H26FN3O3. The lowest BCUT2D eigenvalue weighted by molar-refractivity contribution is -0.115. The van der Waals surface area contributed by atoms with Crippen molar-refractivity contribution in [2.75, 3.05) is 45.7 Å². The minimum atomic E-state index is -0.324. The van der Waals surface area contributed by atoms with E-state index in [2.05, 4.69) is 21.6 Å². The molecule has 6 nitrogen and oxygen atoms in total. The largest absolute Gasteiger partial charge is 0.493 e. The number of rotatable bonds is 8. The Morgan fingerprint density at radius 3 is 2.46 bits per heavy atom. The molecule has 0 fully saturated rings. The zero-order valence-corrected chi connectivity index (χ0v) is 16.3. The summed E-state index contributed by atoms with van der Waals surface area (Å²) in [5, 5.41) is 5.89. The Balaban J connectivity index is 1.42. The number of methoxy groups -OCH3 is 2. The molecule has 0 atom stereocenters. The first kappa shape index (κ1) is 20.1. The lowest BCUT2D eigenvalue weighted by Gasteiger charge is -2.29. The van der Waals surface area contributed by atoms with E-state index in [4.69, 9.17) is 9.47 Å². The molecule has 0 bridgehead atoms. The van der Waals surface area contributed by atoms with Crippen molar-refractivity contribution in [2.45, 2.75) is 13.0 Å². The van der Waals surface area contributed by atoms with Crippen LogP contribution < -0.4 is 20.1 Å². The molecule has 0 aliphatic carbocycles. The van der Waals surface area contributed by atoms with Crippen molar-refractivity contribution in [3.63, 3.8) is 0 Å². The molecule has 1 heterocycles. The lowest BCUT2D eigenvalue weighted by Crippen LogP contribution is -2.38. The number of carbonyl (C=O) groups is 1. The van der Waals surface area contributed by atoms with Gasteiger partial charge in [-0.05, 0) is 53.9 Å². The van der Waals surface area contributed by atoms with E-state index in [-0.39, 0.29) is 18.3 Å². The topological polar surface area (TPSA) is 62.8 Å². The van der Waals surface area contributed by atoms with Crippen molar-refractivity contribution in [2.24, 2.45) is 0 Å². The maximum absolute atomic E-state index is 12.9. The van der Waals surface area contributed by atoms with E-state index in [0.29, 0.717) is 12.2 Å². The highest BCUT2D eigenvalue weighted by atomic mass is 19.1. The molecule has 1 aliphatic heterocycles. The monoisotopic (exact) mass is 387 g/mol. The Bertz CT molecular complexity index is 811. The van der Waals surface area contributed by atoms with Gasteiger partial charge in [0.25, 0.3) is 0 Å². The van der Waals surface area contributed by atoms with Crippen LogP contribution in [0.3, 0.4) is 0 Å². The molecule has 0 spiro atoms. The molecule has 2 N–H and O–H groups in total. The highest BCUT2D eigenvalue weighted by Gasteiger charge is 2.19. The summed E-state index contributed by atoms with van der Waals surface area (Å²) in [6, 6.07) is 9.83. The van der Waals surface area contributed by atoms with Crippen LogP contribution in [0.15, 0.2) is 36.4 Å². The second kappa shape index (κ2) is 9.52. The summed E-state index contributed by atoms with van der Waals surface area (Å²) < 4.78 is 23.7.